The first-order valence-electron chi connectivity index (χ1n) is 13.3. The molecule has 0 fully saturated rings. The van der Waals surface area contributed by atoms with Gasteiger partial charge in [-0.3, -0.25) is 9.36 Å². The lowest BCUT2D eigenvalue weighted by Gasteiger charge is -2.26. The maximum absolute atomic E-state index is 14.1. The van der Waals surface area contributed by atoms with Crippen LogP contribution in [-0.4, -0.2) is 57.7 Å². The molecule has 14 heteroatoms. The molecule has 1 aliphatic rings. The predicted octanol–water partition coefficient (Wildman–Crippen LogP) is 4.18. The van der Waals surface area contributed by atoms with E-state index in [1.165, 1.54) is 25.9 Å². The molecule has 11 nitrogen and oxygen atoms in total. The highest BCUT2D eigenvalue weighted by Crippen LogP contribution is 2.41. The second-order valence-corrected chi connectivity index (χ2v) is 11.4. The van der Waals surface area contributed by atoms with Gasteiger partial charge in [0.15, 0.2) is 34.4 Å². The third-order valence-electron chi connectivity index (χ3n) is 6.50. The number of carbonyl (C=O) groups is 2. The topological polar surface area (TPSA) is 124 Å². The molecule has 234 valence electrons. The van der Waals surface area contributed by atoms with Gasteiger partial charge in [0, 0.05) is 4.47 Å². The van der Waals surface area contributed by atoms with Crippen molar-refractivity contribution >= 4 is 56.9 Å². The van der Waals surface area contributed by atoms with E-state index >= 15 is 0 Å². The van der Waals surface area contributed by atoms with Crippen LogP contribution in [0.15, 0.2) is 49.8 Å². The molecular formula is C30H30BrClN2O9S. The predicted molar refractivity (Wildman–Crippen MR) is 168 cm³/mol. The standard InChI is InChI=1S/C30H30BrClN2O9S/c1-7-41-24(35)14-43-27-19(32)9-16(10-22(27)40-6)11-23-28(36)34-26(17-12-20(38-4)21(39-5)13-18(17)31)25(29(37)42-8-2)15(3)33-30(34)44-23/h9-13,26H,7-8,14H2,1-6H3/b23-11-/t26-/m1/s1. The first-order chi connectivity index (χ1) is 21.1. The van der Waals surface area contributed by atoms with Gasteiger partial charge in [0.25, 0.3) is 5.56 Å². The lowest BCUT2D eigenvalue weighted by molar-refractivity contribution is -0.145. The van der Waals surface area contributed by atoms with Crippen molar-refractivity contribution in [3.63, 3.8) is 0 Å². The first kappa shape index (κ1) is 33.1. The van der Waals surface area contributed by atoms with Gasteiger partial charge in [-0.25, -0.2) is 14.6 Å². The molecule has 0 bridgehead atoms. The lowest BCUT2D eigenvalue weighted by atomic mass is 9.95. The summed E-state index contributed by atoms with van der Waals surface area (Å²) >= 11 is 11.2. The number of methoxy groups -OCH3 is 3. The van der Waals surface area contributed by atoms with E-state index in [0.717, 1.165) is 11.3 Å². The highest BCUT2D eigenvalue weighted by atomic mass is 79.9. The number of fused-ring (bicyclic) bond motifs is 1. The number of carbonyl (C=O) groups excluding carboxylic acids is 2. The molecule has 0 saturated heterocycles. The maximum Gasteiger partial charge on any atom is 0.344 e. The number of nitrogens with zero attached hydrogens (tertiary/aromatic N) is 2. The monoisotopic (exact) mass is 708 g/mol. The van der Waals surface area contributed by atoms with Crippen LogP contribution in [0.3, 0.4) is 0 Å². The molecule has 1 atom stereocenters. The largest absolute Gasteiger partial charge is 0.493 e. The van der Waals surface area contributed by atoms with Gasteiger partial charge in [-0.2, -0.15) is 0 Å². The maximum atomic E-state index is 14.1. The number of hydrogen-bond acceptors (Lipinski definition) is 11. The van der Waals surface area contributed by atoms with Gasteiger partial charge in [-0.15, -0.1) is 0 Å². The highest BCUT2D eigenvalue weighted by molar-refractivity contribution is 9.10. The zero-order valence-electron chi connectivity index (χ0n) is 24.8. The quantitative estimate of drug-likeness (QED) is 0.270. The molecule has 3 aromatic rings. The number of halogens is 2. The van der Waals surface area contributed by atoms with E-state index in [0.29, 0.717) is 42.1 Å². The number of ether oxygens (including phenoxy) is 6. The number of benzene rings is 2. The van der Waals surface area contributed by atoms with Gasteiger partial charge in [0.2, 0.25) is 0 Å². The van der Waals surface area contributed by atoms with Gasteiger partial charge in [0.1, 0.15) is 0 Å². The Bertz CT molecular complexity index is 1820. The summed E-state index contributed by atoms with van der Waals surface area (Å²) in [5, 5.41) is 0.167. The van der Waals surface area contributed by atoms with E-state index in [2.05, 4.69) is 20.9 Å². The van der Waals surface area contributed by atoms with Crippen molar-refractivity contribution in [3.05, 3.63) is 75.8 Å². The molecule has 2 aromatic carbocycles. The van der Waals surface area contributed by atoms with E-state index in [4.69, 9.17) is 40.0 Å². The third kappa shape index (κ3) is 6.64. The second kappa shape index (κ2) is 14.3. The van der Waals surface area contributed by atoms with Gasteiger partial charge >= 0.3 is 11.9 Å². The fraction of sp³-hybridized carbons (Fsp3) is 0.333. The minimum Gasteiger partial charge on any atom is -0.493 e. The van der Waals surface area contributed by atoms with Gasteiger partial charge in [-0.1, -0.05) is 38.9 Å². The summed E-state index contributed by atoms with van der Waals surface area (Å²) < 4.78 is 34.6. The Morgan fingerprint density at radius 2 is 1.68 bits per heavy atom. The van der Waals surface area contributed by atoms with Crippen LogP contribution in [0.1, 0.15) is 37.9 Å². The summed E-state index contributed by atoms with van der Waals surface area (Å²) in [6.45, 7) is 5.10. The summed E-state index contributed by atoms with van der Waals surface area (Å²) in [6.07, 6.45) is 1.64. The molecule has 0 spiro atoms. The van der Waals surface area contributed by atoms with E-state index in [1.54, 1.807) is 51.1 Å². The van der Waals surface area contributed by atoms with Crippen molar-refractivity contribution in [2.24, 2.45) is 4.99 Å². The van der Waals surface area contributed by atoms with Crippen molar-refractivity contribution < 1.29 is 38.0 Å². The molecule has 1 aromatic heterocycles. The van der Waals surface area contributed by atoms with Crippen LogP contribution in [0.4, 0.5) is 0 Å². The van der Waals surface area contributed by atoms with Crippen LogP contribution >= 0.6 is 38.9 Å². The Balaban J connectivity index is 1.89. The molecule has 0 amide bonds. The summed E-state index contributed by atoms with van der Waals surface area (Å²) in [7, 11) is 4.45. The second-order valence-electron chi connectivity index (χ2n) is 9.16. The summed E-state index contributed by atoms with van der Waals surface area (Å²) in [6, 6.07) is 5.74. The average Bonchev–Trinajstić information content (AvgIpc) is 3.29. The van der Waals surface area contributed by atoms with E-state index in [-0.39, 0.29) is 41.9 Å². The van der Waals surface area contributed by atoms with E-state index in [9.17, 15) is 14.4 Å². The van der Waals surface area contributed by atoms with Crippen LogP contribution in [0.5, 0.6) is 23.0 Å². The SMILES string of the molecule is CCOC(=O)COc1c(Cl)cc(/C=c2\sc3n(c2=O)[C@H](c2cc(OC)c(OC)cc2Br)C(C(=O)OCC)=C(C)N=3)cc1OC. The zero-order valence-corrected chi connectivity index (χ0v) is 28.0. The summed E-state index contributed by atoms with van der Waals surface area (Å²) in [4.78, 5) is 44.1. The molecule has 0 N–H and O–H groups in total. The molecule has 4 rings (SSSR count). The van der Waals surface area contributed by atoms with Crippen LogP contribution in [-0.2, 0) is 19.1 Å². The van der Waals surface area contributed by atoms with Crippen molar-refractivity contribution in [2.45, 2.75) is 26.8 Å². The van der Waals surface area contributed by atoms with Crippen LogP contribution in [0, 0.1) is 0 Å². The van der Waals surface area contributed by atoms with Crippen molar-refractivity contribution in [2.75, 3.05) is 41.2 Å². The number of allylic oxidation sites excluding steroid dienone is 1. The van der Waals surface area contributed by atoms with Crippen LogP contribution < -0.4 is 33.8 Å². The van der Waals surface area contributed by atoms with Crippen LogP contribution in [0.25, 0.3) is 6.08 Å². The zero-order chi connectivity index (χ0) is 32.1. The number of hydrogen-bond donors (Lipinski definition) is 0. The van der Waals surface area contributed by atoms with Crippen molar-refractivity contribution in [1.29, 1.82) is 0 Å². The normalized spacial score (nSPS) is 14.5. The molecule has 0 unspecified atom stereocenters. The number of esters is 2. The number of aromatic nitrogens is 1. The fourth-order valence-electron chi connectivity index (χ4n) is 4.61. The average molecular weight is 710 g/mol. The third-order valence-corrected chi connectivity index (χ3v) is 8.45. The Hall–Kier alpha value is -3.81. The van der Waals surface area contributed by atoms with Crippen molar-refractivity contribution in [3.8, 4) is 23.0 Å². The Morgan fingerprint density at radius 3 is 2.32 bits per heavy atom. The Labute approximate surface area is 270 Å². The highest BCUT2D eigenvalue weighted by Gasteiger charge is 2.35. The molecule has 0 radical (unpaired) electrons. The molecule has 0 saturated carbocycles. The van der Waals surface area contributed by atoms with E-state index in [1.807, 2.05) is 0 Å². The van der Waals surface area contributed by atoms with Crippen molar-refractivity contribution in [1.82, 2.24) is 4.57 Å². The summed E-state index contributed by atoms with van der Waals surface area (Å²) in [5.74, 6) is 0.156. The van der Waals surface area contributed by atoms with Gasteiger partial charge < -0.3 is 28.4 Å². The van der Waals surface area contributed by atoms with Gasteiger partial charge in [-0.05, 0) is 62.2 Å². The summed E-state index contributed by atoms with van der Waals surface area (Å²) in [5.41, 5.74) is 1.33. The molecule has 1 aliphatic heterocycles. The number of rotatable bonds is 11. The lowest BCUT2D eigenvalue weighted by Crippen LogP contribution is -2.40. The molecule has 2 heterocycles. The fourth-order valence-corrected chi connectivity index (χ4v) is 6.47. The Morgan fingerprint density at radius 1 is 1.02 bits per heavy atom. The minimum absolute atomic E-state index is 0.141. The van der Waals surface area contributed by atoms with Gasteiger partial charge in [0.05, 0.1) is 61.4 Å². The molecular weight excluding hydrogens is 680 g/mol. The number of thiazole rings is 1. The Kier molecular flexibility index (Phi) is 10.8. The smallest absolute Gasteiger partial charge is 0.344 e. The first-order valence-corrected chi connectivity index (χ1v) is 15.3. The van der Waals surface area contributed by atoms with Crippen LogP contribution in [0.2, 0.25) is 5.02 Å². The minimum atomic E-state index is -0.890. The molecule has 44 heavy (non-hydrogen) atoms. The van der Waals surface area contributed by atoms with E-state index < -0.39 is 23.5 Å². The molecule has 0 aliphatic carbocycles.